The molecule has 0 atom stereocenters. The van der Waals surface area contributed by atoms with Crippen molar-refractivity contribution in [1.82, 2.24) is 0 Å². The van der Waals surface area contributed by atoms with Gasteiger partial charge < -0.3 is 4.90 Å². The van der Waals surface area contributed by atoms with Gasteiger partial charge in [0.15, 0.2) is 0 Å². The lowest BCUT2D eigenvalue weighted by atomic mass is 10.1. The van der Waals surface area contributed by atoms with E-state index in [2.05, 4.69) is 24.8 Å². The summed E-state index contributed by atoms with van der Waals surface area (Å²) in [6.07, 6.45) is 1.11. The summed E-state index contributed by atoms with van der Waals surface area (Å²) in [6, 6.07) is 7.72. The van der Waals surface area contributed by atoms with Crippen molar-refractivity contribution in [1.29, 1.82) is 5.26 Å². The van der Waals surface area contributed by atoms with E-state index in [0.717, 1.165) is 18.7 Å². The third kappa shape index (κ3) is 3.15. The number of hydrogen-bond donors (Lipinski definition) is 0. The molecule has 2 nitrogen and oxygen atoms in total. The first-order chi connectivity index (χ1) is 7.56. The van der Waals surface area contributed by atoms with E-state index in [1.54, 1.807) is 6.07 Å². The summed E-state index contributed by atoms with van der Waals surface area (Å²) in [5.74, 6) is 0.659. The van der Waals surface area contributed by atoms with Crippen LogP contribution in [0.15, 0.2) is 18.2 Å². The highest BCUT2D eigenvalue weighted by molar-refractivity contribution is 6.32. The lowest BCUT2D eigenvalue weighted by molar-refractivity contribution is 0.585. The maximum Gasteiger partial charge on any atom is 0.103 e. The molecule has 0 aliphatic rings. The van der Waals surface area contributed by atoms with Gasteiger partial charge in [-0.15, -0.1) is 0 Å². The van der Waals surface area contributed by atoms with Gasteiger partial charge in [0.1, 0.15) is 6.07 Å². The molecule has 0 heterocycles. The molecule has 1 rings (SSSR count). The Bertz CT molecular complexity index is 393. The molecule has 0 saturated heterocycles. The molecular formula is C13H17ClN2. The smallest absolute Gasteiger partial charge is 0.103 e. The fraction of sp³-hybridized carbons (Fsp3) is 0.462. The minimum Gasteiger partial charge on any atom is -0.373 e. The lowest BCUT2D eigenvalue weighted by Gasteiger charge is -2.21. The second-order valence-electron chi connectivity index (χ2n) is 4.35. The molecule has 0 bridgehead atoms. The summed E-state index contributed by atoms with van der Waals surface area (Å²) in [7, 11) is 1.99. The molecule has 0 N–H and O–H groups in total. The first-order valence-corrected chi connectivity index (χ1v) is 5.83. The fourth-order valence-corrected chi connectivity index (χ4v) is 1.73. The van der Waals surface area contributed by atoms with Crippen molar-refractivity contribution in [3.8, 4) is 6.07 Å². The molecule has 3 heteroatoms. The SMILES string of the molecule is CC(C)CCN(C)c1cccc(Cl)c1C#N. The molecular weight excluding hydrogens is 220 g/mol. The predicted octanol–water partition coefficient (Wildman–Crippen LogP) is 3.69. The quantitative estimate of drug-likeness (QED) is 0.797. The highest BCUT2D eigenvalue weighted by Crippen LogP contribution is 2.26. The lowest BCUT2D eigenvalue weighted by Crippen LogP contribution is -2.20. The average molecular weight is 237 g/mol. The molecule has 0 spiro atoms. The molecule has 86 valence electrons. The second-order valence-corrected chi connectivity index (χ2v) is 4.76. The summed E-state index contributed by atoms with van der Waals surface area (Å²) in [5, 5.41) is 9.59. The van der Waals surface area contributed by atoms with Crippen LogP contribution in [0.5, 0.6) is 0 Å². The minimum atomic E-state index is 0.524. The maximum atomic E-state index is 9.06. The maximum absolute atomic E-state index is 9.06. The van der Waals surface area contributed by atoms with Gasteiger partial charge in [-0.2, -0.15) is 5.26 Å². The van der Waals surface area contributed by atoms with E-state index >= 15 is 0 Å². The molecule has 0 fully saturated rings. The number of rotatable bonds is 4. The third-order valence-electron chi connectivity index (χ3n) is 2.56. The van der Waals surface area contributed by atoms with Crippen LogP contribution in [0.25, 0.3) is 0 Å². The van der Waals surface area contributed by atoms with E-state index in [4.69, 9.17) is 16.9 Å². The van der Waals surface area contributed by atoms with Gasteiger partial charge in [0.05, 0.1) is 16.3 Å². The molecule has 0 aliphatic heterocycles. The first kappa shape index (κ1) is 12.9. The van der Waals surface area contributed by atoms with Crippen molar-refractivity contribution in [2.75, 3.05) is 18.5 Å². The zero-order chi connectivity index (χ0) is 12.1. The highest BCUT2D eigenvalue weighted by Gasteiger charge is 2.10. The molecule has 16 heavy (non-hydrogen) atoms. The van der Waals surface area contributed by atoms with Crippen LogP contribution in [-0.2, 0) is 0 Å². The zero-order valence-corrected chi connectivity index (χ0v) is 10.8. The van der Waals surface area contributed by atoms with E-state index in [9.17, 15) is 0 Å². The van der Waals surface area contributed by atoms with Crippen molar-refractivity contribution in [3.63, 3.8) is 0 Å². The number of halogens is 1. The van der Waals surface area contributed by atoms with Gasteiger partial charge in [0.25, 0.3) is 0 Å². The van der Waals surface area contributed by atoms with Gasteiger partial charge in [0, 0.05) is 13.6 Å². The Morgan fingerprint density at radius 1 is 1.44 bits per heavy atom. The van der Waals surface area contributed by atoms with Gasteiger partial charge in [-0.25, -0.2) is 0 Å². The molecule has 0 saturated carbocycles. The van der Waals surface area contributed by atoms with Crippen molar-refractivity contribution >= 4 is 17.3 Å². The zero-order valence-electron chi connectivity index (χ0n) is 10.00. The molecule has 0 aromatic heterocycles. The van der Waals surface area contributed by atoms with Crippen molar-refractivity contribution in [2.24, 2.45) is 5.92 Å². The molecule has 1 aromatic carbocycles. The van der Waals surface area contributed by atoms with Crippen LogP contribution in [-0.4, -0.2) is 13.6 Å². The summed E-state index contributed by atoms with van der Waals surface area (Å²) < 4.78 is 0. The Labute approximate surface area is 102 Å². The first-order valence-electron chi connectivity index (χ1n) is 5.46. The van der Waals surface area contributed by atoms with Crippen LogP contribution in [0.2, 0.25) is 5.02 Å². The van der Waals surface area contributed by atoms with E-state index < -0.39 is 0 Å². The van der Waals surface area contributed by atoms with Crippen LogP contribution in [0.1, 0.15) is 25.8 Å². The van der Waals surface area contributed by atoms with E-state index in [1.165, 1.54) is 0 Å². The number of hydrogen-bond acceptors (Lipinski definition) is 2. The van der Waals surface area contributed by atoms with Crippen LogP contribution >= 0.6 is 11.6 Å². The summed E-state index contributed by atoms with van der Waals surface area (Å²) in [4.78, 5) is 2.09. The molecule has 0 amide bonds. The van der Waals surface area contributed by atoms with E-state index in [1.807, 2.05) is 19.2 Å². The van der Waals surface area contributed by atoms with Gasteiger partial charge >= 0.3 is 0 Å². The number of nitrogens with zero attached hydrogens (tertiary/aromatic N) is 2. The van der Waals surface area contributed by atoms with Crippen LogP contribution < -0.4 is 4.90 Å². The van der Waals surface area contributed by atoms with Gasteiger partial charge in [-0.1, -0.05) is 31.5 Å². The van der Waals surface area contributed by atoms with Gasteiger partial charge in [0.2, 0.25) is 0 Å². The number of anilines is 1. The molecule has 0 aliphatic carbocycles. The third-order valence-corrected chi connectivity index (χ3v) is 2.87. The standard InChI is InChI=1S/C13H17ClN2/c1-10(2)7-8-16(3)13-6-4-5-12(14)11(13)9-15/h4-6,10H,7-8H2,1-3H3. The fourth-order valence-electron chi connectivity index (χ4n) is 1.51. The number of nitriles is 1. The van der Waals surface area contributed by atoms with Gasteiger partial charge in [-0.3, -0.25) is 0 Å². The van der Waals surface area contributed by atoms with Crippen LogP contribution in [0, 0.1) is 17.2 Å². The average Bonchev–Trinajstić information content (AvgIpc) is 2.25. The summed E-state index contributed by atoms with van der Waals surface area (Å²) in [6.45, 7) is 5.32. The topological polar surface area (TPSA) is 27.0 Å². The monoisotopic (exact) mass is 236 g/mol. The Hall–Kier alpha value is -1.20. The Morgan fingerprint density at radius 2 is 2.12 bits per heavy atom. The van der Waals surface area contributed by atoms with E-state index in [-0.39, 0.29) is 0 Å². The van der Waals surface area contributed by atoms with Crippen molar-refractivity contribution in [3.05, 3.63) is 28.8 Å². The van der Waals surface area contributed by atoms with Gasteiger partial charge in [-0.05, 0) is 24.5 Å². The van der Waals surface area contributed by atoms with Crippen LogP contribution in [0.4, 0.5) is 5.69 Å². The highest BCUT2D eigenvalue weighted by atomic mass is 35.5. The Balaban J connectivity index is 2.87. The summed E-state index contributed by atoms with van der Waals surface area (Å²) in [5.41, 5.74) is 1.48. The molecule has 0 radical (unpaired) electrons. The summed E-state index contributed by atoms with van der Waals surface area (Å²) >= 11 is 5.99. The molecule has 1 aromatic rings. The Kier molecular flexibility index (Phi) is 4.64. The van der Waals surface area contributed by atoms with Crippen molar-refractivity contribution < 1.29 is 0 Å². The van der Waals surface area contributed by atoms with Crippen LogP contribution in [0.3, 0.4) is 0 Å². The normalized spacial score (nSPS) is 10.2. The second kappa shape index (κ2) is 5.77. The molecule has 0 unspecified atom stereocenters. The number of benzene rings is 1. The largest absolute Gasteiger partial charge is 0.373 e. The van der Waals surface area contributed by atoms with Crippen molar-refractivity contribution in [2.45, 2.75) is 20.3 Å². The predicted molar refractivity (Wildman–Crippen MR) is 68.9 cm³/mol. The van der Waals surface area contributed by atoms with E-state index in [0.29, 0.717) is 16.5 Å². The minimum absolute atomic E-state index is 0.524. The Morgan fingerprint density at radius 3 is 2.69 bits per heavy atom.